The maximum absolute atomic E-state index is 15.8. The highest BCUT2D eigenvalue weighted by Gasteiger charge is 2.51. The van der Waals surface area contributed by atoms with Crippen molar-refractivity contribution < 1.29 is 36.7 Å². The van der Waals surface area contributed by atoms with Crippen molar-refractivity contribution in [3.8, 4) is 0 Å². The molecule has 2 bridgehead atoms. The van der Waals surface area contributed by atoms with Crippen LogP contribution in [-0.4, -0.2) is 75.5 Å². The molecule has 6 atom stereocenters. The summed E-state index contributed by atoms with van der Waals surface area (Å²) in [5.74, 6) is 0.464. The normalized spacial score (nSPS) is 32.1. The van der Waals surface area contributed by atoms with Gasteiger partial charge in [-0.15, -0.1) is 0 Å². The molecule has 214 valence electrons. The number of nitrogens with zero attached hydrogens (tertiary/aromatic N) is 7. The van der Waals surface area contributed by atoms with Gasteiger partial charge in [0.15, 0.2) is 29.2 Å². The van der Waals surface area contributed by atoms with Gasteiger partial charge in [-0.2, -0.15) is 0 Å². The Morgan fingerprint density at radius 2 is 2.08 bits per heavy atom. The average molecular weight is 635 g/mol. The molecule has 1 saturated heterocycles. The number of nitrogens with one attached hydrogen (secondary N) is 1. The third-order valence-electron chi connectivity index (χ3n) is 6.16. The number of alkyl halides is 1. The second-order valence-corrected chi connectivity index (χ2v) is 15.5. The smallest absolute Gasteiger partial charge is 0.346 e. The van der Waals surface area contributed by atoms with Crippen LogP contribution in [0.4, 0.5) is 4.39 Å². The first-order valence-corrected chi connectivity index (χ1v) is 17.0. The Kier molecular flexibility index (Phi) is 7.40. The molecular formula is C19H21FN8O8P2S2. The molecule has 16 nitrogen and oxygen atoms in total. The fraction of sp³-hybridized carbons (Fsp3) is 0.474. The number of phosphoric acid groups is 1. The number of imidazole rings is 2. The minimum Gasteiger partial charge on any atom is -0.346 e. The number of hydrogen-bond donors (Lipinski definition) is 3. The number of aromatic nitrogens is 8. The summed E-state index contributed by atoms with van der Waals surface area (Å²) in [5.41, 5.74) is -2.88. The van der Waals surface area contributed by atoms with Gasteiger partial charge in [-0.1, -0.05) is 12.2 Å². The van der Waals surface area contributed by atoms with E-state index >= 15 is 4.39 Å². The molecule has 0 amide bonds. The van der Waals surface area contributed by atoms with E-state index in [2.05, 4.69) is 42.2 Å². The lowest BCUT2D eigenvalue weighted by Gasteiger charge is -2.23. The highest BCUT2D eigenvalue weighted by molar-refractivity contribution is 8.60. The molecule has 1 fully saturated rings. The number of thiol groups is 1. The predicted octanol–water partition coefficient (Wildman–Crippen LogP) is 1.71. The van der Waals surface area contributed by atoms with E-state index in [0.29, 0.717) is 11.2 Å². The van der Waals surface area contributed by atoms with Crippen LogP contribution in [0.15, 0.2) is 23.6 Å². The zero-order valence-electron chi connectivity index (χ0n) is 20.4. The maximum Gasteiger partial charge on any atom is 0.473 e. The third kappa shape index (κ3) is 5.38. The number of H-pyrrole nitrogens is 1. The Morgan fingerprint density at radius 1 is 1.25 bits per heavy atom. The van der Waals surface area contributed by atoms with Crippen LogP contribution in [0.2, 0.25) is 0 Å². The van der Waals surface area contributed by atoms with E-state index in [4.69, 9.17) is 34.6 Å². The minimum absolute atomic E-state index is 0.00689. The largest absolute Gasteiger partial charge is 0.473 e. The summed E-state index contributed by atoms with van der Waals surface area (Å²) in [6.45, 7) is 0.807. The summed E-state index contributed by atoms with van der Waals surface area (Å²) >= 11 is 9.70. The lowest BCUT2D eigenvalue weighted by molar-refractivity contribution is -0.0473. The summed E-state index contributed by atoms with van der Waals surface area (Å²) in [6.07, 6.45) is -2.46. The minimum atomic E-state index is -4.93. The number of aromatic amines is 1. The van der Waals surface area contributed by atoms with Crippen molar-refractivity contribution >= 4 is 59.9 Å². The number of rotatable bonds is 1. The molecule has 0 aromatic carbocycles. The van der Waals surface area contributed by atoms with E-state index in [0.717, 1.165) is 0 Å². The van der Waals surface area contributed by atoms with Gasteiger partial charge < -0.3 is 28.2 Å². The quantitative estimate of drug-likeness (QED) is 0.203. The molecule has 2 unspecified atom stereocenters. The number of fused-ring (bicyclic) bond motifs is 6. The van der Waals surface area contributed by atoms with Crippen molar-refractivity contribution in [3.05, 3.63) is 40.9 Å². The molecule has 0 radical (unpaired) electrons. The second kappa shape index (κ2) is 10.6. The number of aryl methyl sites for hydroxylation is 1. The van der Waals surface area contributed by atoms with Crippen molar-refractivity contribution in [1.29, 1.82) is 0 Å². The molecule has 2 N–H and O–H groups in total. The molecule has 21 heteroatoms. The van der Waals surface area contributed by atoms with Gasteiger partial charge in [0, 0.05) is 6.54 Å². The molecule has 6 heterocycles. The predicted molar refractivity (Wildman–Crippen MR) is 142 cm³/mol. The van der Waals surface area contributed by atoms with Crippen LogP contribution in [0.1, 0.15) is 17.9 Å². The van der Waals surface area contributed by atoms with Crippen molar-refractivity contribution in [3.63, 3.8) is 0 Å². The summed E-state index contributed by atoms with van der Waals surface area (Å²) in [5, 5.41) is 0. The van der Waals surface area contributed by atoms with Crippen LogP contribution in [0.5, 0.6) is 0 Å². The molecule has 0 saturated carbocycles. The second-order valence-electron chi connectivity index (χ2n) is 8.81. The van der Waals surface area contributed by atoms with Crippen molar-refractivity contribution in [2.45, 2.75) is 44.7 Å². The number of hydrogen-bond acceptors (Lipinski definition) is 13. The fourth-order valence-electron chi connectivity index (χ4n) is 4.43. The third-order valence-corrected chi connectivity index (χ3v) is 9.44. The van der Waals surface area contributed by atoms with E-state index in [9.17, 15) is 14.3 Å². The van der Waals surface area contributed by atoms with Crippen LogP contribution in [0, 0.1) is 6.92 Å². The molecular weight excluding hydrogens is 613 g/mol. The van der Waals surface area contributed by atoms with Crippen molar-refractivity contribution in [2.24, 2.45) is 0 Å². The van der Waals surface area contributed by atoms with Crippen LogP contribution < -0.4 is 5.56 Å². The molecule has 0 spiro atoms. The molecule has 2 aliphatic rings. The van der Waals surface area contributed by atoms with Crippen LogP contribution >= 0.6 is 25.8 Å². The molecule has 40 heavy (non-hydrogen) atoms. The van der Waals surface area contributed by atoms with Gasteiger partial charge in [0.05, 0.1) is 25.7 Å². The van der Waals surface area contributed by atoms with Crippen LogP contribution in [-0.2, 0) is 52.4 Å². The number of halogens is 1. The standard InChI is InChI=1S/C19H21FN8O8P2S2/c1-9-24-17-14(18(29)25-9)23-8-28(17)19-15-13(20)11(35-19)5-34-38(39,40)32-3-2-27-12(6-33-37(30,31)36-15)26-10-4-21-7-22-16(10)27/h4,7-8,11,13,15,19H,2-3,5-6H2,1H3,(H,30,31)(H,39,40)(H,24,25,29)/t11-,13-,15-,19-/m1/s1. The van der Waals surface area contributed by atoms with E-state index in [1.165, 1.54) is 23.4 Å². The molecule has 6 rings (SSSR count). The molecule has 0 aliphatic carbocycles. The topological polar surface area (TPSA) is 191 Å². The zero-order valence-corrected chi connectivity index (χ0v) is 23.9. The fourth-order valence-corrected chi connectivity index (χ4v) is 6.87. The number of phosphoric ester groups is 1. The highest BCUT2D eigenvalue weighted by atomic mass is 32.9. The van der Waals surface area contributed by atoms with Gasteiger partial charge in [0.2, 0.25) is 5.69 Å². The monoisotopic (exact) mass is 634 g/mol. The summed E-state index contributed by atoms with van der Waals surface area (Å²) in [6, 6.07) is 0. The van der Waals surface area contributed by atoms with Crippen LogP contribution in [0.25, 0.3) is 22.3 Å². The Hall–Kier alpha value is -2.18. The van der Waals surface area contributed by atoms with E-state index in [-0.39, 0.29) is 36.0 Å². The van der Waals surface area contributed by atoms with Gasteiger partial charge in [-0.3, -0.25) is 18.4 Å². The first-order valence-electron chi connectivity index (χ1n) is 11.7. The summed E-state index contributed by atoms with van der Waals surface area (Å²) < 4.78 is 59.5. The Balaban J connectivity index is 1.38. The number of ether oxygens (including phenoxy) is 1. The molecule has 4 aromatic rings. The summed E-state index contributed by atoms with van der Waals surface area (Å²) in [4.78, 5) is 46.3. The zero-order chi connectivity index (χ0) is 28.2. The SMILES string of the molecule is Cc1nc2c(ncn2[C@@H]2O[C@@H]3COP(=S)(S)OCCn4c(nc5cncnc54)COP(=O)(O)O[C@@H]2[C@@H]3F)c(=O)[nH]1. The van der Waals surface area contributed by atoms with E-state index in [1.807, 2.05) is 0 Å². The maximum atomic E-state index is 15.8. The Bertz CT molecular complexity index is 1750. The lowest BCUT2D eigenvalue weighted by Crippen LogP contribution is -2.32. The van der Waals surface area contributed by atoms with Gasteiger partial charge in [-0.25, -0.2) is 33.9 Å². The van der Waals surface area contributed by atoms with Gasteiger partial charge in [0.1, 0.15) is 42.3 Å². The van der Waals surface area contributed by atoms with Crippen molar-refractivity contribution in [2.75, 3.05) is 13.2 Å². The highest BCUT2D eigenvalue weighted by Crippen LogP contribution is 2.55. The average Bonchev–Trinajstić information content (AvgIpc) is 3.55. The first kappa shape index (κ1) is 28.0. The molecule has 4 aromatic heterocycles. The Morgan fingerprint density at radius 3 is 2.90 bits per heavy atom. The van der Waals surface area contributed by atoms with E-state index < -0.39 is 56.9 Å². The van der Waals surface area contributed by atoms with Crippen molar-refractivity contribution in [1.82, 2.24) is 39.0 Å². The summed E-state index contributed by atoms with van der Waals surface area (Å²) in [7, 11) is -4.93. The van der Waals surface area contributed by atoms with E-state index in [1.54, 1.807) is 11.5 Å². The van der Waals surface area contributed by atoms with Gasteiger partial charge >= 0.3 is 7.82 Å². The van der Waals surface area contributed by atoms with Crippen LogP contribution in [0.3, 0.4) is 0 Å². The molecule has 2 aliphatic heterocycles. The van der Waals surface area contributed by atoms with Gasteiger partial charge in [0.25, 0.3) is 5.56 Å². The Labute approximate surface area is 234 Å². The lowest BCUT2D eigenvalue weighted by atomic mass is 10.1. The van der Waals surface area contributed by atoms with Gasteiger partial charge in [-0.05, 0) is 18.7 Å². The first-order chi connectivity index (χ1) is 19.0.